The molecule has 1 unspecified atom stereocenters. The first-order valence-electron chi connectivity index (χ1n) is 7.75. The van der Waals surface area contributed by atoms with Crippen molar-refractivity contribution in [1.82, 2.24) is 5.32 Å². The van der Waals surface area contributed by atoms with Crippen LogP contribution in [0.15, 0.2) is 24.3 Å². The average molecular weight is 325 g/mol. The molecular formula is C17H27NO3S. The molecule has 1 rings (SSSR count). The smallest absolute Gasteiger partial charge is 0.251 e. The quantitative estimate of drug-likeness (QED) is 0.798. The number of nitrogens with one attached hydrogen (secondary N) is 1. The summed E-state index contributed by atoms with van der Waals surface area (Å²) in [7, 11) is -3.05. The van der Waals surface area contributed by atoms with E-state index >= 15 is 0 Å². The van der Waals surface area contributed by atoms with Crippen molar-refractivity contribution < 1.29 is 13.2 Å². The molecule has 5 heteroatoms. The molecule has 0 fully saturated rings. The molecule has 0 bridgehead atoms. The number of hydrogen-bond acceptors (Lipinski definition) is 3. The standard InChI is InChI=1S/C17H27NO3S/c1-13(2)6-5-7-14(3)18-17(19)16-10-8-15(9-11-16)12-22(4,20)21/h8-11,13-14H,5-7,12H2,1-4H3,(H,18,19). The minimum absolute atomic E-state index is 0.000500. The molecule has 0 saturated carbocycles. The fourth-order valence-electron chi connectivity index (χ4n) is 2.27. The Labute approximate surface area is 134 Å². The maximum atomic E-state index is 12.1. The highest BCUT2D eigenvalue weighted by Gasteiger charge is 2.11. The molecule has 0 saturated heterocycles. The normalized spacial score (nSPS) is 13.1. The molecule has 0 radical (unpaired) electrons. The highest BCUT2D eigenvalue weighted by atomic mass is 32.2. The van der Waals surface area contributed by atoms with Gasteiger partial charge in [0.05, 0.1) is 5.75 Å². The largest absolute Gasteiger partial charge is 0.350 e. The van der Waals surface area contributed by atoms with Crippen LogP contribution >= 0.6 is 0 Å². The van der Waals surface area contributed by atoms with Gasteiger partial charge in [-0.15, -0.1) is 0 Å². The van der Waals surface area contributed by atoms with Crippen LogP contribution in [0, 0.1) is 5.92 Å². The summed E-state index contributed by atoms with van der Waals surface area (Å²) in [5.41, 5.74) is 1.26. The van der Waals surface area contributed by atoms with Crippen molar-refractivity contribution in [1.29, 1.82) is 0 Å². The molecule has 0 heterocycles. The number of benzene rings is 1. The molecule has 1 aromatic rings. The van der Waals surface area contributed by atoms with E-state index in [1.54, 1.807) is 24.3 Å². The summed E-state index contributed by atoms with van der Waals surface area (Å²) in [5.74, 6) is 0.578. The number of carbonyl (C=O) groups excluding carboxylic acids is 1. The first kappa shape index (κ1) is 18.7. The maximum absolute atomic E-state index is 12.1. The molecule has 1 aromatic carbocycles. The summed E-state index contributed by atoms with van der Waals surface area (Å²) in [6.45, 7) is 6.40. The summed E-state index contributed by atoms with van der Waals surface area (Å²) in [4.78, 5) is 12.1. The van der Waals surface area contributed by atoms with Gasteiger partial charge in [-0.3, -0.25) is 4.79 Å². The third-order valence-corrected chi connectivity index (χ3v) is 4.30. The number of amides is 1. The van der Waals surface area contributed by atoms with Gasteiger partial charge < -0.3 is 5.32 Å². The lowest BCUT2D eigenvalue weighted by Gasteiger charge is -2.14. The van der Waals surface area contributed by atoms with E-state index in [0.717, 1.165) is 12.8 Å². The van der Waals surface area contributed by atoms with Gasteiger partial charge in [0.15, 0.2) is 9.84 Å². The predicted octanol–water partition coefficient (Wildman–Crippen LogP) is 3.18. The molecule has 4 nitrogen and oxygen atoms in total. The minimum Gasteiger partial charge on any atom is -0.350 e. The Morgan fingerprint density at radius 2 is 1.68 bits per heavy atom. The van der Waals surface area contributed by atoms with Crippen molar-refractivity contribution in [2.75, 3.05) is 6.26 Å². The summed E-state index contributed by atoms with van der Waals surface area (Å²) in [6, 6.07) is 6.88. The number of carbonyl (C=O) groups is 1. The van der Waals surface area contributed by atoms with Crippen LogP contribution in [0.1, 0.15) is 56.0 Å². The van der Waals surface area contributed by atoms with E-state index < -0.39 is 9.84 Å². The van der Waals surface area contributed by atoms with E-state index in [1.807, 2.05) is 6.92 Å². The Morgan fingerprint density at radius 1 is 1.09 bits per heavy atom. The molecule has 0 aromatic heterocycles. The van der Waals surface area contributed by atoms with Crippen LogP contribution in [0.3, 0.4) is 0 Å². The lowest BCUT2D eigenvalue weighted by Crippen LogP contribution is -2.32. The highest BCUT2D eigenvalue weighted by Crippen LogP contribution is 2.10. The van der Waals surface area contributed by atoms with E-state index in [9.17, 15) is 13.2 Å². The zero-order valence-corrected chi connectivity index (χ0v) is 14.7. The third-order valence-electron chi connectivity index (χ3n) is 3.44. The Kier molecular flexibility index (Phi) is 7.07. The Bertz CT molecular complexity index is 576. The van der Waals surface area contributed by atoms with Crippen molar-refractivity contribution in [3.63, 3.8) is 0 Å². The Hall–Kier alpha value is -1.36. The van der Waals surface area contributed by atoms with Gasteiger partial charge >= 0.3 is 0 Å². The third kappa shape index (κ3) is 7.59. The first-order chi connectivity index (χ1) is 10.2. The number of rotatable bonds is 8. The molecule has 1 N–H and O–H groups in total. The monoisotopic (exact) mass is 325 g/mol. The number of sulfone groups is 1. The summed E-state index contributed by atoms with van der Waals surface area (Å²) in [5, 5.41) is 2.98. The van der Waals surface area contributed by atoms with Crippen molar-refractivity contribution in [2.24, 2.45) is 5.92 Å². The molecule has 0 aliphatic heterocycles. The summed E-state index contributed by atoms with van der Waals surface area (Å²) in [6.07, 6.45) is 4.44. The molecule has 124 valence electrons. The predicted molar refractivity (Wildman–Crippen MR) is 90.6 cm³/mol. The van der Waals surface area contributed by atoms with Crippen molar-refractivity contribution in [3.05, 3.63) is 35.4 Å². The van der Waals surface area contributed by atoms with Crippen molar-refractivity contribution in [3.8, 4) is 0 Å². The molecule has 1 amide bonds. The van der Waals surface area contributed by atoms with E-state index in [4.69, 9.17) is 0 Å². The number of hydrogen-bond donors (Lipinski definition) is 1. The van der Waals surface area contributed by atoms with Crippen LogP contribution in [0.2, 0.25) is 0 Å². The average Bonchev–Trinajstić information content (AvgIpc) is 2.37. The zero-order valence-electron chi connectivity index (χ0n) is 13.9. The van der Waals surface area contributed by atoms with E-state index in [0.29, 0.717) is 17.0 Å². The molecule has 0 aliphatic carbocycles. The van der Waals surface area contributed by atoms with Gasteiger partial charge in [0, 0.05) is 17.9 Å². The van der Waals surface area contributed by atoms with Crippen LogP contribution in [-0.2, 0) is 15.6 Å². The summed E-state index contributed by atoms with van der Waals surface area (Å²) >= 11 is 0. The van der Waals surface area contributed by atoms with Crippen LogP contribution in [0.5, 0.6) is 0 Å². The SMILES string of the molecule is CC(C)CCCC(C)NC(=O)c1ccc(CS(C)(=O)=O)cc1. The van der Waals surface area contributed by atoms with Gasteiger partial charge in [-0.25, -0.2) is 8.42 Å². The molecule has 0 spiro atoms. The van der Waals surface area contributed by atoms with Crippen LogP contribution in [-0.4, -0.2) is 26.6 Å². The van der Waals surface area contributed by atoms with Gasteiger partial charge in [-0.05, 0) is 37.0 Å². The Balaban J connectivity index is 2.52. The molecule has 22 heavy (non-hydrogen) atoms. The minimum atomic E-state index is -3.05. The lowest BCUT2D eigenvalue weighted by molar-refractivity contribution is 0.0938. The van der Waals surface area contributed by atoms with Gasteiger partial charge in [0.2, 0.25) is 0 Å². The summed E-state index contributed by atoms with van der Waals surface area (Å²) < 4.78 is 22.5. The second-order valence-electron chi connectivity index (χ2n) is 6.47. The lowest BCUT2D eigenvalue weighted by atomic mass is 10.0. The van der Waals surface area contributed by atoms with Crippen molar-refractivity contribution >= 4 is 15.7 Å². The Morgan fingerprint density at radius 3 is 2.18 bits per heavy atom. The second-order valence-corrected chi connectivity index (χ2v) is 8.61. The highest BCUT2D eigenvalue weighted by molar-refractivity contribution is 7.89. The fraction of sp³-hybridized carbons (Fsp3) is 0.588. The topological polar surface area (TPSA) is 63.2 Å². The van der Waals surface area contributed by atoms with Crippen LogP contribution in [0.4, 0.5) is 0 Å². The fourth-order valence-corrected chi connectivity index (χ4v) is 3.06. The van der Waals surface area contributed by atoms with E-state index in [2.05, 4.69) is 19.2 Å². The van der Waals surface area contributed by atoms with E-state index in [1.165, 1.54) is 12.7 Å². The zero-order chi connectivity index (χ0) is 16.8. The van der Waals surface area contributed by atoms with Gasteiger partial charge in [-0.2, -0.15) is 0 Å². The first-order valence-corrected chi connectivity index (χ1v) is 9.81. The van der Waals surface area contributed by atoms with Crippen LogP contribution in [0.25, 0.3) is 0 Å². The molecule has 0 aliphatic rings. The second kappa shape index (κ2) is 8.32. The maximum Gasteiger partial charge on any atom is 0.251 e. The van der Waals surface area contributed by atoms with Crippen LogP contribution < -0.4 is 5.32 Å². The van der Waals surface area contributed by atoms with Gasteiger partial charge in [-0.1, -0.05) is 38.8 Å². The van der Waals surface area contributed by atoms with Gasteiger partial charge in [0.1, 0.15) is 0 Å². The van der Waals surface area contributed by atoms with E-state index in [-0.39, 0.29) is 17.7 Å². The van der Waals surface area contributed by atoms with Crippen molar-refractivity contribution in [2.45, 2.75) is 51.8 Å². The van der Waals surface area contributed by atoms with Gasteiger partial charge in [0.25, 0.3) is 5.91 Å². The molecular weight excluding hydrogens is 298 g/mol. The molecule has 1 atom stereocenters.